The second kappa shape index (κ2) is 8.58. The minimum Gasteiger partial charge on any atom is -0.493 e. The molecule has 0 aliphatic heterocycles. The Kier molecular flexibility index (Phi) is 6.47. The van der Waals surface area contributed by atoms with Crippen molar-refractivity contribution in [3.8, 4) is 17.2 Å². The normalized spacial score (nSPS) is 10.3. The van der Waals surface area contributed by atoms with Crippen molar-refractivity contribution < 1.29 is 23.4 Å². The van der Waals surface area contributed by atoms with E-state index in [0.717, 1.165) is 0 Å². The lowest BCUT2D eigenvalue weighted by atomic mass is 10.1. The van der Waals surface area contributed by atoms with Gasteiger partial charge >= 0.3 is 0 Å². The molecular formula is C18H19ClFNO4. The third-order valence-corrected chi connectivity index (χ3v) is 3.82. The van der Waals surface area contributed by atoms with Gasteiger partial charge in [-0.25, -0.2) is 4.39 Å². The third-order valence-electron chi connectivity index (χ3n) is 3.54. The predicted molar refractivity (Wildman–Crippen MR) is 93.4 cm³/mol. The van der Waals surface area contributed by atoms with E-state index in [-0.39, 0.29) is 18.3 Å². The van der Waals surface area contributed by atoms with Gasteiger partial charge in [0.2, 0.25) is 0 Å². The first-order valence-corrected chi connectivity index (χ1v) is 7.89. The molecule has 0 heterocycles. The molecule has 134 valence electrons. The van der Waals surface area contributed by atoms with Crippen LogP contribution < -0.4 is 14.2 Å². The van der Waals surface area contributed by atoms with Crippen molar-refractivity contribution in [2.75, 3.05) is 34.4 Å². The van der Waals surface area contributed by atoms with Gasteiger partial charge < -0.3 is 19.1 Å². The summed E-state index contributed by atoms with van der Waals surface area (Å²) in [6.07, 6.45) is 0. The van der Waals surface area contributed by atoms with Gasteiger partial charge in [-0.3, -0.25) is 4.79 Å². The highest BCUT2D eigenvalue weighted by Crippen LogP contribution is 2.36. The van der Waals surface area contributed by atoms with E-state index >= 15 is 0 Å². The van der Waals surface area contributed by atoms with Crippen molar-refractivity contribution in [3.05, 3.63) is 52.8 Å². The second-order valence-corrected chi connectivity index (χ2v) is 5.63. The Labute approximate surface area is 150 Å². The van der Waals surface area contributed by atoms with E-state index in [2.05, 4.69) is 0 Å². The van der Waals surface area contributed by atoms with Crippen molar-refractivity contribution in [2.45, 2.75) is 0 Å². The average Bonchev–Trinajstić information content (AvgIpc) is 2.61. The zero-order valence-electron chi connectivity index (χ0n) is 14.2. The SMILES string of the molecule is COc1cc(C(=O)N(C)CCOc2ccc(F)cc2)cc(Cl)c1OC. The maximum Gasteiger partial charge on any atom is 0.253 e. The van der Waals surface area contributed by atoms with Gasteiger partial charge in [0, 0.05) is 12.6 Å². The van der Waals surface area contributed by atoms with E-state index in [1.807, 2.05) is 0 Å². The van der Waals surface area contributed by atoms with Gasteiger partial charge in [0.1, 0.15) is 18.2 Å². The van der Waals surface area contributed by atoms with Gasteiger partial charge in [0.05, 0.1) is 25.8 Å². The van der Waals surface area contributed by atoms with Gasteiger partial charge in [-0.1, -0.05) is 11.6 Å². The number of ether oxygens (including phenoxy) is 3. The number of halogens is 2. The van der Waals surface area contributed by atoms with Crippen molar-refractivity contribution in [1.82, 2.24) is 4.90 Å². The molecule has 7 heteroatoms. The Balaban J connectivity index is 1.99. The highest BCUT2D eigenvalue weighted by molar-refractivity contribution is 6.32. The molecular weight excluding hydrogens is 349 g/mol. The molecule has 0 aromatic heterocycles. The first kappa shape index (κ1) is 18.9. The molecule has 2 rings (SSSR count). The molecule has 0 fully saturated rings. The summed E-state index contributed by atoms with van der Waals surface area (Å²) >= 11 is 6.13. The molecule has 0 unspecified atom stereocenters. The summed E-state index contributed by atoms with van der Waals surface area (Å²) < 4.78 is 28.7. The fourth-order valence-corrected chi connectivity index (χ4v) is 2.48. The van der Waals surface area contributed by atoms with E-state index in [0.29, 0.717) is 34.4 Å². The van der Waals surface area contributed by atoms with Crippen LogP contribution in [0.15, 0.2) is 36.4 Å². The van der Waals surface area contributed by atoms with Gasteiger partial charge in [-0.2, -0.15) is 0 Å². The fraction of sp³-hybridized carbons (Fsp3) is 0.278. The van der Waals surface area contributed by atoms with Gasteiger partial charge in [0.25, 0.3) is 5.91 Å². The standard InChI is InChI=1S/C18H19ClFNO4/c1-21(8-9-25-14-6-4-13(20)5-7-14)18(22)12-10-15(19)17(24-3)16(11-12)23-2/h4-7,10-11H,8-9H2,1-3H3. The number of carbonyl (C=O) groups excluding carboxylic acids is 1. The lowest BCUT2D eigenvalue weighted by molar-refractivity contribution is 0.0773. The monoisotopic (exact) mass is 367 g/mol. The van der Waals surface area contributed by atoms with Crippen LogP contribution in [0, 0.1) is 5.82 Å². The quantitative estimate of drug-likeness (QED) is 0.749. The molecule has 0 aliphatic carbocycles. The molecule has 0 saturated carbocycles. The van der Waals surface area contributed by atoms with Crippen LogP contribution in [0.1, 0.15) is 10.4 Å². The van der Waals surface area contributed by atoms with Crippen LogP contribution in [-0.2, 0) is 0 Å². The molecule has 5 nitrogen and oxygen atoms in total. The van der Waals surface area contributed by atoms with Crippen molar-refractivity contribution >= 4 is 17.5 Å². The zero-order chi connectivity index (χ0) is 18.4. The Hall–Kier alpha value is -2.47. The van der Waals surface area contributed by atoms with Crippen LogP contribution in [0.25, 0.3) is 0 Å². The summed E-state index contributed by atoms with van der Waals surface area (Å²) in [5.41, 5.74) is 0.381. The number of hydrogen-bond acceptors (Lipinski definition) is 4. The molecule has 0 spiro atoms. The molecule has 0 bridgehead atoms. The molecule has 0 N–H and O–H groups in total. The Morgan fingerprint density at radius 2 is 1.84 bits per heavy atom. The minimum atomic E-state index is -0.329. The minimum absolute atomic E-state index is 0.231. The van der Waals surface area contributed by atoms with Crippen LogP contribution in [0.3, 0.4) is 0 Å². The number of carbonyl (C=O) groups is 1. The number of methoxy groups -OCH3 is 2. The van der Waals surface area contributed by atoms with E-state index in [9.17, 15) is 9.18 Å². The van der Waals surface area contributed by atoms with Gasteiger partial charge in [0.15, 0.2) is 11.5 Å². The molecule has 2 aromatic carbocycles. The predicted octanol–water partition coefficient (Wildman–Crippen LogP) is 3.65. The number of likely N-dealkylation sites (N-methyl/N-ethyl adjacent to an activating group) is 1. The maximum atomic E-state index is 12.8. The summed E-state index contributed by atoms with van der Waals surface area (Å²) in [5, 5.41) is 0.293. The van der Waals surface area contributed by atoms with Crippen LogP contribution in [0.5, 0.6) is 17.2 Å². The van der Waals surface area contributed by atoms with E-state index in [1.54, 1.807) is 13.1 Å². The Bertz CT molecular complexity index is 737. The zero-order valence-corrected chi connectivity index (χ0v) is 15.0. The Morgan fingerprint density at radius 3 is 2.44 bits per heavy atom. The smallest absolute Gasteiger partial charge is 0.253 e. The molecule has 0 radical (unpaired) electrons. The van der Waals surface area contributed by atoms with E-state index in [4.69, 9.17) is 25.8 Å². The molecule has 0 atom stereocenters. The lowest BCUT2D eigenvalue weighted by Gasteiger charge is -2.19. The summed E-state index contributed by atoms with van der Waals surface area (Å²) in [4.78, 5) is 14.0. The molecule has 2 aromatic rings. The molecule has 25 heavy (non-hydrogen) atoms. The highest BCUT2D eigenvalue weighted by Gasteiger charge is 2.18. The number of nitrogens with zero attached hydrogens (tertiary/aromatic N) is 1. The van der Waals surface area contributed by atoms with Crippen molar-refractivity contribution in [2.24, 2.45) is 0 Å². The van der Waals surface area contributed by atoms with Crippen LogP contribution in [-0.4, -0.2) is 45.2 Å². The first-order valence-electron chi connectivity index (χ1n) is 7.51. The number of amides is 1. The fourth-order valence-electron chi connectivity index (χ4n) is 2.19. The number of benzene rings is 2. The maximum absolute atomic E-state index is 12.8. The van der Waals surface area contributed by atoms with Crippen LogP contribution in [0.2, 0.25) is 5.02 Å². The van der Waals surface area contributed by atoms with Crippen molar-refractivity contribution in [3.63, 3.8) is 0 Å². The van der Waals surface area contributed by atoms with Crippen LogP contribution in [0.4, 0.5) is 4.39 Å². The lowest BCUT2D eigenvalue weighted by Crippen LogP contribution is -2.30. The summed E-state index contributed by atoms with van der Waals surface area (Å²) in [6.45, 7) is 0.622. The van der Waals surface area contributed by atoms with E-state index in [1.165, 1.54) is 49.5 Å². The van der Waals surface area contributed by atoms with E-state index < -0.39 is 0 Å². The summed E-state index contributed by atoms with van der Waals surface area (Å²) in [6, 6.07) is 8.80. The highest BCUT2D eigenvalue weighted by atomic mass is 35.5. The summed E-state index contributed by atoms with van der Waals surface area (Å²) in [5.74, 6) is 0.740. The van der Waals surface area contributed by atoms with Gasteiger partial charge in [-0.05, 0) is 36.4 Å². The molecule has 0 aliphatic rings. The number of hydrogen-bond donors (Lipinski definition) is 0. The Morgan fingerprint density at radius 1 is 1.16 bits per heavy atom. The largest absolute Gasteiger partial charge is 0.493 e. The topological polar surface area (TPSA) is 48.0 Å². The van der Waals surface area contributed by atoms with Crippen molar-refractivity contribution in [1.29, 1.82) is 0 Å². The second-order valence-electron chi connectivity index (χ2n) is 5.22. The van der Waals surface area contributed by atoms with Crippen LogP contribution >= 0.6 is 11.6 Å². The molecule has 1 amide bonds. The third kappa shape index (κ3) is 4.76. The first-order chi connectivity index (χ1) is 12.0. The summed E-state index contributed by atoms with van der Waals surface area (Å²) in [7, 11) is 4.60. The van der Waals surface area contributed by atoms with Gasteiger partial charge in [-0.15, -0.1) is 0 Å². The average molecular weight is 368 g/mol. The molecule has 0 saturated heterocycles. The number of rotatable bonds is 7.